The third kappa shape index (κ3) is 5.76. The highest BCUT2D eigenvalue weighted by Gasteiger charge is 2.30. The molecule has 32 heavy (non-hydrogen) atoms. The van der Waals surface area contributed by atoms with Gasteiger partial charge in [-0.25, -0.2) is 4.98 Å². The Kier molecular flexibility index (Phi) is 8.05. The number of pyridine rings is 2. The standard InChI is InChI=1S/C24H33N5O3/c1-5-29(20-9-12-28(16-20)23(30)7-6-10-25-17(2)3)21-13-19(15-27-24(21)31)18-8-11-26-22(14-18)32-4/h6-8,11,13-15,17,20,25H,5,9-10,12,16H2,1-4H3,(H,27,31)/t20-/m0/s1. The second kappa shape index (κ2) is 10.9. The summed E-state index contributed by atoms with van der Waals surface area (Å²) in [6.07, 6.45) is 7.71. The maximum absolute atomic E-state index is 12.7. The van der Waals surface area contributed by atoms with Crippen molar-refractivity contribution in [3.63, 3.8) is 0 Å². The molecule has 1 saturated heterocycles. The van der Waals surface area contributed by atoms with Gasteiger partial charge in [-0.15, -0.1) is 0 Å². The fourth-order valence-electron chi connectivity index (χ4n) is 3.94. The van der Waals surface area contributed by atoms with Crippen LogP contribution >= 0.6 is 0 Å². The summed E-state index contributed by atoms with van der Waals surface area (Å²) in [6, 6.07) is 6.09. The van der Waals surface area contributed by atoms with Crippen molar-refractivity contribution in [1.82, 2.24) is 20.2 Å². The molecule has 2 aromatic rings. The van der Waals surface area contributed by atoms with E-state index in [1.54, 1.807) is 25.6 Å². The predicted octanol–water partition coefficient (Wildman–Crippen LogP) is 2.43. The Hall–Kier alpha value is -3.13. The minimum atomic E-state index is -0.138. The molecule has 1 aliphatic rings. The number of methoxy groups -OCH3 is 1. The molecule has 0 bridgehead atoms. The number of nitrogens with one attached hydrogen (secondary N) is 2. The number of rotatable bonds is 9. The average molecular weight is 440 g/mol. The molecule has 0 aromatic carbocycles. The summed E-state index contributed by atoms with van der Waals surface area (Å²) in [7, 11) is 1.58. The lowest BCUT2D eigenvalue weighted by atomic mass is 10.1. The monoisotopic (exact) mass is 439 g/mol. The second-order valence-corrected chi connectivity index (χ2v) is 8.17. The molecular weight excluding hydrogens is 406 g/mol. The molecule has 1 fully saturated rings. The fourth-order valence-corrected chi connectivity index (χ4v) is 3.94. The van der Waals surface area contributed by atoms with Crippen LogP contribution in [0.2, 0.25) is 0 Å². The minimum Gasteiger partial charge on any atom is -0.481 e. The number of nitrogens with zero attached hydrogens (tertiary/aromatic N) is 3. The lowest BCUT2D eigenvalue weighted by Gasteiger charge is -2.29. The van der Waals surface area contributed by atoms with E-state index in [1.165, 1.54) is 0 Å². The van der Waals surface area contributed by atoms with Crippen LogP contribution in [-0.4, -0.2) is 66.1 Å². The zero-order valence-corrected chi connectivity index (χ0v) is 19.3. The Morgan fingerprint density at radius 3 is 2.94 bits per heavy atom. The van der Waals surface area contributed by atoms with E-state index in [1.807, 2.05) is 36.1 Å². The zero-order chi connectivity index (χ0) is 23.1. The molecule has 0 unspecified atom stereocenters. The van der Waals surface area contributed by atoms with Crippen molar-refractivity contribution >= 4 is 11.6 Å². The Balaban J connectivity index is 1.74. The van der Waals surface area contributed by atoms with Gasteiger partial charge in [0.15, 0.2) is 0 Å². The normalized spacial score (nSPS) is 16.2. The molecule has 0 saturated carbocycles. The molecular formula is C24H33N5O3. The Labute approximate surface area is 189 Å². The summed E-state index contributed by atoms with van der Waals surface area (Å²) >= 11 is 0. The molecule has 1 aliphatic heterocycles. The Morgan fingerprint density at radius 2 is 2.22 bits per heavy atom. The topological polar surface area (TPSA) is 90.6 Å². The van der Waals surface area contributed by atoms with Gasteiger partial charge in [-0.1, -0.05) is 19.9 Å². The van der Waals surface area contributed by atoms with E-state index < -0.39 is 0 Å². The van der Waals surface area contributed by atoms with Gasteiger partial charge in [0.1, 0.15) is 5.69 Å². The van der Waals surface area contributed by atoms with Crippen molar-refractivity contribution < 1.29 is 9.53 Å². The third-order valence-corrected chi connectivity index (χ3v) is 5.63. The van der Waals surface area contributed by atoms with Gasteiger partial charge in [0.25, 0.3) is 5.56 Å². The second-order valence-electron chi connectivity index (χ2n) is 8.17. The van der Waals surface area contributed by atoms with Gasteiger partial charge in [0, 0.05) is 68.4 Å². The number of carbonyl (C=O) groups excluding carboxylic acids is 1. The first-order valence-electron chi connectivity index (χ1n) is 11.1. The number of hydrogen-bond donors (Lipinski definition) is 2. The van der Waals surface area contributed by atoms with Crippen molar-refractivity contribution in [1.29, 1.82) is 0 Å². The van der Waals surface area contributed by atoms with Crippen molar-refractivity contribution in [3.05, 3.63) is 53.1 Å². The van der Waals surface area contributed by atoms with Crippen LogP contribution in [0.3, 0.4) is 0 Å². The number of amides is 1. The summed E-state index contributed by atoms with van der Waals surface area (Å²) in [5, 5.41) is 3.27. The van der Waals surface area contributed by atoms with Gasteiger partial charge < -0.3 is 24.8 Å². The predicted molar refractivity (Wildman–Crippen MR) is 127 cm³/mol. The van der Waals surface area contributed by atoms with E-state index in [2.05, 4.69) is 34.0 Å². The summed E-state index contributed by atoms with van der Waals surface area (Å²) in [5.41, 5.74) is 2.26. The lowest BCUT2D eigenvalue weighted by Crippen LogP contribution is -2.41. The number of anilines is 1. The number of likely N-dealkylation sites (N-methyl/N-ethyl adjacent to an activating group) is 1. The molecule has 0 radical (unpaired) electrons. The van der Waals surface area contributed by atoms with Crippen LogP contribution < -0.4 is 20.5 Å². The largest absolute Gasteiger partial charge is 0.481 e. The van der Waals surface area contributed by atoms with Crippen LogP contribution in [0.5, 0.6) is 5.88 Å². The highest BCUT2D eigenvalue weighted by atomic mass is 16.5. The van der Waals surface area contributed by atoms with Gasteiger partial charge in [-0.3, -0.25) is 9.59 Å². The van der Waals surface area contributed by atoms with Gasteiger partial charge in [0.2, 0.25) is 11.8 Å². The van der Waals surface area contributed by atoms with Crippen molar-refractivity contribution in [2.24, 2.45) is 0 Å². The number of aromatic amines is 1. The maximum atomic E-state index is 12.7. The van der Waals surface area contributed by atoms with Gasteiger partial charge in [0.05, 0.1) is 7.11 Å². The van der Waals surface area contributed by atoms with E-state index in [4.69, 9.17) is 4.74 Å². The van der Waals surface area contributed by atoms with Gasteiger partial charge in [-0.05, 0) is 31.0 Å². The molecule has 1 atom stereocenters. The van der Waals surface area contributed by atoms with Crippen LogP contribution in [-0.2, 0) is 4.79 Å². The Morgan fingerprint density at radius 1 is 1.41 bits per heavy atom. The summed E-state index contributed by atoms with van der Waals surface area (Å²) in [6.45, 7) is 8.80. The molecule has 8 nitrogen and oxygen atoms in total. The highest BCUT2D eigenvalue weighted by molar-refractivity contribution is 5.88. The molecule has 3 rings (SSSR count). The van der Waals surface area contributed by atoms with Crippen molar-refractivity contribution in [3.8, 4) is 17.0 Å². The molecule has 1 amide bonds. The number of aromatic nitrogens is 2. The van der Waals surface area contributed by atoms with E-state index in [9.17, 15) is 9.59 Å². The van der Waals surface area contributed by atoms with E-state index in [0.29, 0.717) is 43.8 Å². The smallest absolute Gasteiger partial charge is 0.271 e. The minimum absolute atomic E-state index is 0.0145. The average Bonchev–Trinajstić information content (AvgIpc) is 3.28. The van der Waals surface area contributed by atoms with Crippen LogP contribution in [0.1, 0.15) is 27.2 Å². The molecule has 0 spiro atoms. The summed E-state index contributed by atoms with van der Waals surface area (Å²) < 4.78 is 5.22. The molecule has 2 N–H and O–H groups in total. The van der Waals surface area contributed by atoms with E-state index in [-0.39, 0.29) is 17.5 Å². The van der Waals surface area contributed by atoms with Crippen molar-refractivity contribution in [2.75, 3.05) is 38.2 Å². The SMILES string of the molecule is CCN(c1cc(-c2ccnc(OC)c2)c[nH]c1=O)[C@H]1CCN(C(=O)C=CCNC(C)C)C1. The zero-order valence-electron chi connectivity index (χ0n) is 19.3. The number of H-pyrrole nitrogens is 1. The molecule has 172 valence electrons. The molecule has 0 aliphatic carbocycles. The van der Waals surface area contributed by atoms with Gasteiger partial charge in [-0.2, -0.15) is 0 Å². The molecule has 3 heterocycles. The van der Waals surface area contributed by atoms with Gasteiger partial charge >= 0.3 is 0 Å². The Bertz CT molecular complexity index is 1000. The summed E-state index contributed by atoms with van der Waals surface area (Å²) in [4.78, 5) is 36.2. The van der Waals surface area contributed by atoms with Crippen LogP contribution in [0.15, 0.2) is 47.5 Å². The maximum Gasteiger partial charge on any atom is 0.271 e. The van der Waals surface area contributed by atoms with Crippen molar-refractivity contribution in [2.45, 2.75) is 39.3 Å². The number of likely N-dealkylation sites (tertiary alicyclic amines) is 1. The van der Waals surface area contributed by atoms with Crippen LogP contribution in [0.25, 0.3) is 11.1 Å². The summed E-state index contributed by atoms with van der Waals surface area (Å²) in [5.74, 6) is 0.532. The quantitative estimate of drug-likeness (QED) is 0.583. The number of ether oxygens (including phenoxy) is 1. The number of carbonyl (C=O) groups is 1. The first-order chi connectivity index (χ1) is 15.4. The number of hydrogen-bond acceptors (Lipinski definition) is 6. The van der Waals surface area contributed by atoms with E-state index >= 15 is 0 Å². The van der Waals surface area contributed by atoms with Crippen LogP contribution in [0, 0.1) is 0 Å². The van der Waals surface area contributed by atoms with E-state index in [0.717, 1.165) is 17.5 Å². The molecule has 2 aromatic heterocycles. The molecule has 8 heteroatoms. The lowest BCUT2D eigenvalue weighted by molar-refractivity contribution is -0.125. The highest BCUT2D eigenvalue weighted by Crippen LogP contribution is 2.26. The fraction of sp³-hybridized carbons (Fsp3) is 0.458. The first kappa shape index (κ1) is 23.5. The third-order valence-electron chi connectivity index (χ3n) is 5.63. The van der Waals surface area contributed by atoms with Crippen LogP contribution in [0.4, 0.5) is 5.69 Å². The first-order valence-corrected chi connectivity index (χ1v) is 11.1.